The highest BCUT2D eigenvalue weighted by atomic mass is 16.5. The number of benzene rings is 2. The minimum absolute atomic E-state index is 0.102. The molecule has 1 amide bonds. The molecule has 176 valence electrons. The van der Waals surface area contributed by atoms with Gasteiger partial charge < -0.3 is 15.2 Å². The van der Waals surface area contributed by atoms with Gasteiger partial charge in [-0.05, 0) is 55.3 Å². The summed E-state index contributed by atoms with van der Waals surface area (Å²) in [6.45, 7) is 4.42. The maximum Gasteiger partial charge on any atom is 0.337 e. The summed E-state index contributed by atoms with van der Waals surface area (Å²) in [5.74, 6) is -1.35. The molecule has 35 heavy (non-hydrogen) atoms. The first-order chi connectivity index (χ1) is 16.9. The van der Waals surface area contributed by atoms with E-state index in [1.165, 1.54) is 6.07 Å². The summed E-state index contributed by atoms with van der Waals surface area (Å²) in [6, 6.07) is 22.3. The molecular formula is C28H25N3O4. The number of aryl methyl sites for hydroxylation is 2. The number of aromatic nitrogens is 2. The van der Waals surface area contributed by atoms with E-state index in [9.17, 15) is 14.7 Å². The molecule has 0 saturated heterocycles. The fourth-order valence-electron chi connectivity index (χ4n) is 3.59. The number of anilines is 1. The van der Waals surface area contributed by atoms with E-state index in [0.29, 0.717) is 47.1 Å². The number of carboxylic acid groups (broad SMARTS) is 1. The van der Waals surface area contributed by atoms with E-state index in [1.54, 1.807) is 32.2 Å². The van der Waals surface area contributed by atoms with Crippen LogP contribution in [0.2, 0.25) is 0 Å². The summed E-state index contributed by atoms with van der Waals surface area (Å²) in [4.78, 5) is 33.0. The highest BCUT2D eigenvalue weighted by Gasteiger charge is 2.14. The average molecular weight is 468 g/mol. The number of nitrogens with zero attached hydrogens (tertiary/aromatic N) is 2. The van der Waals surface area contributed by atoms with Crippen molar-refractivity contribution in [2.24, 2.45) is 0 Å². The van der Waals surface area contributed by atoms with E-state index in [2.05, 4.69) is 15.3 Å². The highest BCUT2D eigenvalue weighted by Crippen LogP contribution is 2.22. The SMILES string of the molecule is Cc1cc(C(=O)Nc2ccc(COCc3ccccc3)cc2)cc(-c2cnc(C)c(C(=O)O)c2)n1. The molecule has 2 heterocycles. The summed E-state index contributed by atoms with van der Waals surface area (Å²) >= 11 is 0. The Morgan fingerprint density at radius 2 is 1.60 bits per heavy atom. The van der Waals surface area contributed by atoms with E-state index in [1.807, 2.05) is 54.6 Å². The quantitative estimate of drug-likeness (QED) is 0.358. The second-order valence-corrected chi connectivity index (χ2v) is 8.17. The third kappa shape index (κ3) is 6.16. The van der Waals surface area contributed by atoms with Crippen LogP contribution in [-0.4, -0.2) is 27.0 Å². The van der Waals surface area contributed by atoms with Crippen LogP contribution in [-0.2, 0) is 18.0 Å². The number of rotatable bonds is 8. The van der Waals surface area contributed by atoms with Crippen LogP contribution in [0, 0.1) is 13.8 Å². The molecule has 0 unspecified atom stereocenters. The first-order valence-corrected chi connectivity index (χ1v) is 11.1. The predicted molar refractivity (Wildman–Crippen MR) is 133 cm³/mol. The van der Waals surface area contributed by atoms with Crippen LogP contribution in [0.3, 0.4) is 0 Å². The Morgan fingerprint density at radius 3 is 2.29 bits per heavy atom. The molecule has 0 radical (unpaired) electrons. The molecule has 0 aliphatic rings. The number of amides is 1. The van der Waals surface area contributed by atoms with Crippen molar-refractivity contribution in [1.29, 1.82) is 0 Å². The standard InChI is InChI=1S/C28H25N3O4/c1-18-12-22(14-26(30-18)23-13-25(28(33)34)19(2)29-15-23)27(32)31-24-10-8-21(9-11-24)17-35-16-20-6-4-3-5-7-20/h3-15H,16-17H2,1-2H3,(H,31,32)(H,33,34). The first kappa shape index (κ1) is 23.8. The third-order valence-corrected chi connectivity index (χ3v) is 5.42. The van der Waals surface area contributed by atoms with Gasteiger partial charge in [-0.1, -0.05) is 42.5 Å². The van der Waals surface area contributed by atoms with Crippen LogP contribution in [0.4, 0.5) is 5.69 Å². The van der Waals surface area contributed by atoms with Crippen molar-refractivity contribution in [1.82, 2.24) is 9.97 Å². The van der Waals surface area contributed by atoms with Crippen molar-refractivity contribution >= 4 is 17.6 Å². The fourth-order valence-corrected chi connectivity index (χ4v) is 3.59. The molecule has 0 saturated carbocycles. The van der Waals surface area contributed by atoms with Gasteiger partial charge in [0.15, 0.2) is 0 Å². The zero-order valence-corrected chi connectivity index (χ0v) is 19.5. The summed E-state index contributed by atoms with van der Waals surface area (Å²) in [5.41, 5.74) is 5.36. The number of carbonyl (C=O) groups excluding carboxylic acids is 1. The van der Waals surface area contributed by atoms with Gasteiger partial charge in [-0.25, -0.2) is 4.79 Å². The molecule has 7 heteroatoms. The normalized spacial score (nSPS) is 10.7. The Labute approximate surface area is 203 Å². The van der Waals surface area contributed by atoms with Crippen LogP contribution in [0.1, 0.15) is 43.2 Å². The second-order valence-electron chi connectivity index (χ2n) is 8.17. The summed E-state index contributed by atoms with van der Waals surface area (Å²) in [7, 11) is 0. The van der Waals surface area contributed by atoms with Crippen LogP contribution in [0.25, 0.3) is 11.3 Å². The molecular weight excluding hydrogens is 442 g/mol. The maximum atomic E-state index is 12.9. The van der Waals surface area contributed by atoms with E-state index in [-0.39, 0.29) is 11.5 Å². The Kier molecular flexibility index (Phi) is 7.28. The number of nitrogens with one attached hydrogen (secondary N) is 1. The lowest BCUT2D eigenvalue weighted by atomic mass is 10.1. The van der Waals surface area contributed by atoms with Gasteiger partial charge in [-0.3, -0.25) is 14.8 Å². The van der Waals surface area contributed by atoms with Crippen molar-refractivity contribution in [2.75, 3.05) is 5.32 Å². The summed E-state index contributed by atoms with van der Waals surface area (Å²) in [6.07, 6.45) is 1.56. The molecule has 2 N–H and O–H groups in total. The molecule has 0 atom stereocenters. The lowest BCUT2D eigenvalue weighted by molar-refractivity contribution is 0.0695. The summed E-state index contributed by atoms with van der Waals surface area (Å²) in [5, 5.41) is 12.3. The van der Waals surface area contributed by atoms with Crippen LogP contribution < -0.4 is 5.32 Å². The van der Waals surface area contributed by atoms with Crippen molar-refractivity contribution in [2.45, 2.75) is 27.1 Å². The van der Waals surface area contributed by atoms with Crippen molar-refractivity contribution in [3.63, 3.8) is 0 Å². The predicted octanol–water partition coefficient (Wildman–Crippen LogP) is 5.43. The average Bonchev–Trinajstić information content (AvgIpc) is 2.85. The number of hydrogen-bond donors (Lipinski definition) is 2. The van der Waals surface area contributed by atoms with Gasteiger partial charge >= 0.3 is 5.97 Å². The third-order valence-electron chi connectivity index (χ3n) is 5.42. The van der Waals surface area contributed by atoms with Gasteiger partial charge in [-0.2, -0.15) is 0 Å². The second kappa shape index (κ2) is 10.7. The van der Waals surface area contributed by atoms with Crippen LogP contribution in [0.15, 0.2) is 79.0 Å². The van der Waals surface area contributed by atoms with Crippen LogP contribution >= 0.6 is 0 Å². The van der Waals surface area contributed by atoms with E-state index in [0.717, 1.165) is 11.1 Å². The number of carbonyl (C=O) groups is 2. The highest BCUT2D eigenvalue weighted by molar-refractivity contribution is 6.05. The molecule has 4 rings (SSSR count). The first-order valence-electron chi connectivity index (χ1n) is 11.1. The lowest BCUT2D eigenvalue weighted by Crippen LogP contribution is -2.13. The zero-order valence-electron chi connectivity index (χ0n) is 19.5. The van der Waals surface area contributed by atoms with Gasteiger partial charge in [-0.15, -0.1) is 0 Å². The Morgan fingerprint density at radius 1 is 0.914 bits per heavy atom. The minimum Gasteiger partial charge on any atom is -0.478 e. The Bertz CT molecular complexity index is 1350. The fraction of sp³-hybridized carbons (Fsp3) is 0.143. The zero-order chi connectivity index (χ0) is 24.8. The maximum absolute atomic E-state index is 12.9. The van der Waals surface area contributed by atoms with Gasteiger partial charge in [0.05, 0.1) is 30.2 Å². The molecule has 7 nitrogen and oxygen atoms in total. The largest absolute Gasteiger partial charge is 0.478 e. The number of ether oxygens (including phenoxy) is 1. The molecule has 0 bridgehead atoms. The smallest absolute Gasteiger partial charge is 0.337 e. The molecule has 0 spiro atoms. The van der Waals surface area contributed by atoms with E-state index < -0.39 is 5.97 Å². The molecule has 0 fully saturated rings. The van der Waals surface area contributed by atoms with Gasteiger partial charge in [0.1, 0.15) is 0 Å². The monoisotopic (exact) mass is 467 g/mol. The number of aromatic carboxylic acids is 1. The van der Waals surface area contributed by atoms with Crippen molar-refractivity contribution in [3.05, 3.63) is 113 Å². The Balaban J connectivity index is 1.43. The van der Waals surface area contributed by atoms with Crippen molar-refractivity contribution < 1.29 is 19.4 Å². The van der Waals surface area contributed by atoms with Gasteiger partial charge in [0.2, 0.25) is 0 Å². The topological polar surface area (TPSA) is 101 Å². The van der Waals surface area contributed by atoms with Gasteiger partial charge in [0.25, 0.3) is 5.91 Å². The van der Waals surface area contributed by atoms with Gasteiger partial charge in [0, 0.05) is 28.7 Å². The Hall–Kier alpha value is -4.36. The number of pyridine rings is 2. The number of hydrogen-bond acceptors (Lipinski definition) is 5. The lowest BCUT2D eigenvalue weighted by Gasteiger charge is -2.10. The van der Waals surface area contributed by atoms with E-state index >= 15 is 0 Å². The minimum atomic E-state index is -1.06. The van der Waals surface area contributed by atoms with Crippen LogP contribution in [0.5, 0.6) is 0 Å². The molecule has 0 aliphatic heterocycles. The molecule has 4 aromatic rings. The molecule has 2 aromatic heterocycles. The van der Waals surface area contributed by atoms with E-state index in [4.69, 9.17) is 4.74 Å². The molecule has 2 aromatic carbocycles. The number of carboxylic acids is 1. The molecule has 0 aliphatic carbocycles. The summed E-state index contributed by atoms with van der Waals surface area (Å²) < 4.78 is 5.76. The van der Waals surface area contributed by atoms with Crippen molar-refractivity contribution in [3.8, 4) is 11.3 Å².